The largest absolute Gasteiger partial charge is 0.507 e. The van der Waals surface area contributed by atoms with Crippen molar-refractivity contribution in [3.63, 3.8) is 0 Å². The van der Waals surface area contributed by atoms with E-state index < -0.39 is 17.7 Å². The third kappa shape index (κ3) is 7.19. The quantitative estimate of drug-likeness (QED) is 0.165. The van der Waals surface area contributed by atoms with E-state index in [2.05, 4.69) is 4.90 Å². The highest BCUT2D eigenvalue weighted by Gasteiger charge is 2.46. The molecular formula is C34H37ClN2O8. The van der Waals surface area contributed by atoms with Crippen molar-refractivity contribution < 1.29 is 38.4 Å². The summed E-state index contributed by atoms with van der Waals surface area (Å²) < 4.78 is 28.0. The van der Waals surface area contributed by atoms with Crippen LogP contribution in [0.3, 0.4) is 0 Å². The zero-order chi connectivity index (χ0) is 31.9. The highest BCUT2D eigenvalue weighted by atomic mass is 35.5. The molecule has 0 radical (unpaired) electrons. The Labute approximate surface area is 267 Å². The van der Waals surface area contributed by atoms with E-state index in [1.54, 1.807) is 48.5 Å². The van der Waals surface area contributed by atoms with E-state index in [1.807, 2.05) is 12.1 Å². The number of ether oxygens (including phenoxy) is 5. The van der Waals surface area contributed by atoms with E-state index in [1.165, 1.54) is 26.2 Å². The Morgan fingerprint density at radius 3 is 2.16 bits per heavy atom. The number of benzene rings is 3. The predicted molar refractivity (Wildman–Crippen MR) is 169 cm³/mol. The molecule has 0 bridgehead atoms. The van der Waals surface area contributed by atoms with Gasteiger partial charge in [0.2, 0.25) is 5.75 Å². The van der Waals surface area contributed by atoms with E-state index in [9.17, 15) is 14.7 Å². The summed E-state index contributed by atoms with van der Waals surface area (Å²) in [5, 5.41) is 12.2. The summed E-state index contributed by atoms with van der Waals surface area (Å²) in [4.78, 5) is 30.9. The molecule has 0 unspecified atom stereocenters. The minimum absolute atomic E-state index is 0.0181. The van der Waals surface area contributed by atoms with E-state index in [0.29, 0.717) is 71.9 Å². The number of aliphatic hydroxyl groups excluding tert-OH is 1. The molecular weight excluding hydrogens is 600 g/mol. The van der Waals surface area contributed by atoms with Crippen molar-refractivity contribution in [1.82, 2.24) is 9.80 Å². The molecule has 0 aliphatic carbocycles. The average Bonchev–Trinajstić information content (AvgIpc) is 3.32. The number of morpholine rings is 1. The summed E-state index contributed by atoms with van der Waals surface area (Å²) in [6.45, 7) is 4.34. The summed E-state index contributed by atoms with van der Waals surface area (Å²) in [5.74, 6) is -0.0396. The van der Waals surface area contributed by atoms with Gasteiger partial charge in [-0.25, -0.2) is 0 Å². The molecule has 2 fully saturated rings. The zero-order valence-corrected chi connectivity index (χ0v) is 26.3. The number of amides is 1. The Hall–Kier alpha value is -4.25. The lowest BCUT2D eigenvalue weighted by Crippen LogP contribution is -2.39. The molecule has 1 amide bonds. The molecule has 2 saturated heterocycles. The molecule has 2 heterocycles. The first kappa shape index (κ1) is 32.2. The van der Waals surface area contributed by atoms with Crippen LogP contribution in [0.1, 0.15) is 29.2 Å². The van der Waals surface area contributed by atoms with Gasteiger partial charge >= 0.3 is 0 Å². The van der Waals surface area contributed by atoms with Crippen LogP contribution in [0, 0.1) is 0 Å². The minimum atomic E-state index is -0.885. The molecule has 2 aliphatic rings. The minimum Gasteiger partial charge on any atom is -0.507 e. The average molecular weight is 637 g/mol. The van der Waals surface area contributed by atoms with Gasteiger partial charge in [-0.15, -0.1) is 0 Å². The molecule has 0 saturated carbocycles. The van der Waals surface area contributed by atoms with Gasteiger partial charge in [-0.3, -0.25) is 14.5 Å². The van der Waals surface area contributed by atoms with Crippen molar-refractivity contribution in [3.8, 4) is 23.0 Å². The smallest absolute Gasteiger partial charge is 0.295 e. The number of aliphatic hydroxyl groups is 1. The molecule has 1 N–H and O–H groups in total. The van der Waals surface area contributed by atoms with Gasteiger partial charge in [0.05, 0.1) is 46.2 Å². The monoisotopic (exact) mass is 636 g/mol. The Kier molecular flexibility index (Phi) is 10.5. The number of hydrogen-bond donors (Lipinski definition) is 1. The second-order valence-electron chi connectivity index (χ2n) is 10.7. The number of ketones is 1. The third-order valence-corrected chi connectivity index (χ3v) is 8.22. The highest BCUT2D eigenvalue weighted by Crippen LogP contribution is 2.45. The van der Waals surface area contributed by atoms with Crippen molar-refractivity contribution in [2.24, 2.45) is 0 Å². The van der Waals surface area contributed by atoms with Gasteiger partial charge in [0.25, 0.3) is 11.7 Å². The maximum Gasteiger partial charge on any atom is 0.295 e. The lowest BCUT2D eigenvalue weighted by molar-refractivity contribution is -0.140. The van der Waals surface area contributed by atoms with Gasteiger partial charge in [0.1, 0.15) is 18.1 Å². The SMILES string of the molecule is COc1cc([C@@H]2C(=C(O)c3ccc(OCc4ccc(Cl)cc4)cc3)C(=O)C(=O)N2CCCN2CCOCC2)cc(OC)c1OC. The molecule has 5 rings (SSSR count). The lowest BCUT2D eigenvalue weighted by Gasteiger charge is -2.29. The predicted octanol–water partition coefficient (Wildman–Crippen LogP) is 5.09. The Morgan fingerprint density at radius 2 is 1.56 bits per heavy atom. The number of carbonyl (C=O) groups is 2. The summed E-state index contributed by atoms with van der Waals surface area (Å²) in [6.07, 6.45) is 0.633. The number of methoxy groups -OCH3 is 3. The van der Waals surface area contributed by atoms with Crippen LogP contribution in [0.4, 0.5) is 0 Å². The number of hydrogen-bond acceptors (Lipinski definition) is 9. The van der Waals surface area contributed by atoms with Crippen LogP contribution < -0.4 is 18.9 Å². The molecule has 10 nitrogen and oxygen atoms in total. The van der Waals surface area contributed by atoms with E-state index in [4.69, 9.17) is 35.3 Å². The van der Waals surface area contributed by atoms with Crippen LogP contribution in [0.2, 0.25) is 5.02 Å². The summed E-state index contributed by atoms with van der Waals surface area (Å²) in [7, 11) is 4.49. The van der Waals surface area contributed by atoms with Gasteiger partial charge < -0.3 is 33.7 Å². The van der Waals surface area contributed by atoms with E-state index >= 15 is 0 Å². The molecule has 3 aromatic carbocycles. The Balaban J connectivity index is 1.47. The van der Waals surface area contributed by atoms with Crippen LogP contribution >= 0.6 is 11.6 Å². The summed E-state index contributed by atoms with van der Waals surface area (Å²) in [6, 6.07) is 16.6. The molecule has 3 aromatic rings. The number of halogens is 1. The fourth-order valence-electron chi connectivity index (χ4n) is 5.62. The van der Waals surface area contributed by atoms with Gasteiger partial charge in [-0.05, 0) is 66.1 Å². The van der Waals surface area contributed by atoms with E-state index in [0.717, 1.165) is 25.2 Å². The van der Waals surface area contributed by atoms with Crippen molar-refractivity contribution in [2.75, 3.05) is 60.7 Å². The number of likely N-dealkylation sites (tertiary alicyclic amines) is 1. The molecule has 0 aromatic heterocycles. The molecule has 45 heavy (non-hydrogen) atoms. The number of Topliss-reactive ketones (excluding diaryl/α,β-unsaturated/α-hetero) is 1. The topological polar surface area (TPSA) is 107 Å². The van der Waals surface area contributed by atoms with Gasteiger partial charge in [-0.1, -0.05) is 23.7 Å². The second-order valence-corrected chi connectivity index (χ2v) is 11.1. The number of nitrogens with zero attached hydrogens (tertiary/aromatic N) is 2. The first-order valence-electron chi connectivity index (χ1n) is 14.7. The Morgan fingerprint density at radius 1 is 0.911 bits per heavy atom. The molecule has 2 aliphatic heterocycles. The fourth-order valence-corrected chi connectivity index (χ4v) is 5.74. The van der Waals surface area contributed by atoms with Crippen LogP contribution in [0.5, 0.6) is 23.0 Å². The zero-order valence-electron chi connectivity index (χ0n) is 25.6. The normalized spacial score (nSPS) is 18.2. The van der Waals surface area contributed by atoms with Crippen LogP contribution in [-0.4, -0.2) is 87.3 Å². The van der Waals surface area contributed by atoms with Gasteiger partial charge in [0.15, 0.2) is 11.5 Å². The van der Waals surface area contributed by atoms with Crippen molar-refractivity contribution in [3.05, 3.63) is 87.9 Å². The van der Waals surface area contributed by atoms with Crippen LogP contribution in [-0.2, 0) is 20.9 Å². The van der Waals surface area contributed by atoms with Crippen molar-refractivity contribution >= 4 is 29.1 Å². The van der Waals surface area contributed by atoms with Gasteiger partial charge in [0, 0.05) is 36.8 Å². The first-order chi connectivity index (χ1) is 21.8. The molecule has 0 spiro atoms. The molecule has 238 valence electrons. The molecule has 11 heteroatoms. The number of rotatable bonds is 12. The first-order valence-corrected chi connectivity index (χ1v) is 15.1. The maximum absolute atomic E-state index is 13.6. The second kappa shape index (κ2) is 14.7. The fraction of sp³-hybridized carbons (Fsp3) is 0.353. The van der Waals surface area contributed by atoms with Crippen LogP contribution in [0.25, 0.3) is 5.76 Å². The van der Waals surface area contributed by atoms with Crippen LogP contribution in [0.15, 0.2) is 66.2 Å². The van der Waals surface area contributed by atoms with Crippen molar-refractivity contribution in [1.29, 1.82) is 0 Å². The lowest BCUT2D eigenvalue weighted by atomic mass is 9.94. The standard InChI is InChI=1S/C34H37ClN2O8/c1-41-27-19-24(20-28(42-2)33(27)43-3)30-29(32(39)34(40)37(30)14-4-13-36-15-17-44-18-16-36)31(38)23-7-11-26(12-8-23)45-21-22-5-9-25(35)10-6-22/h5-12,19-20,30,38H,4,13-18,21H2,1-3H3/t30-/m1/s1. The molecule has 1 atom stereocenters. The Bertz CT molecular complexity index is 1510. The summed E-state index contributed by atoms with van der Waals surface area (Å²) in [5.41, 5.74) is 1.85. The van der Waals surface area contributed by atoms with Crippen molar-refractivity contribution in [2.45, 2.75) is 19.1 Å². The maximum atomic E-state index is 13.6. The third-order valence-electron chi connectivity index (χ3n) is 7.97. The highest BCUT2D eigenvalue weighted by molar-refractivity contribution is 6.46. The summed E-state index contributed by atoms with van der Waals surface area (Å²) >= 11 is 5.97. The number of carbonyl (C=O) groups excluding carboxylic acids is 2. The van der Waals surface area contributed by atoms with Gasteiger partial charge in [-0.2, -0.15) is 0 Å². The van der Waals surface area contributed by atoms with E-state index in [-0.39, 0.29) is 11.3 Å².